The SMILES string of the molecule is COCC(=O)Nc1ccc(NC2CC(OC)C2)cc1. The first kappa shape index (κ1) is 13.8. The maximum absolute atomic E-state index is 11.3. The predicted molar refractivity (Wildman–Crippen MR) is 74.4 cm³/mol. The number of amides is 1. The van der Waals surface area contributed by atoms with Crippen molar-refractivity contribution in [1.82, 2.24) is 0 Å². The van der Waals surface area contributed by atoms with E-state index in [4.69, 9.17) is 9.47 Å². The maximum atomic E-state index is 11.3. The van der Waals surface area contributed by atoms with Crippen LogP contribution in [0.4, 0.5) is 11.4 Å². The molecule has 0 saturated heterocycles. The number of methoxy groups -OCH3 is 2. The normalized spacial score (nSPS) is 21.6. The molecular weight excluding hydrogens is 244 g/mol. The number of rotatable bonds is 6. The van der Waals surface area contributed by atoms with Gasteiger partial charge in [0.15, 0.2) is 0 Å². The number of anilines is 2. The minimum absolute atomic E-state index is 0.0699. The molecule has 1 amide bonds. The molecule has 1 aliphatic carbocycles. The van der Waals surface area contributed by atoms with Crippen LogP contribution in [0.5, 0.6) is 0 Å². The van der Waals surface area contributed by atoms with Gasteiger partial charge >= 0.3 is 0 Å². The fraction of sp³-hybridized carbons (Fsp3) is 0.500. The van der Waals surface area contributed by atoms with E-state index in [1.807, 2.05) is 24.3 Å². The van der Waals surface area contributed by atoms with Crippen molar-refractivity contribution in [3.8, 4) is 0 Å². The topological polar surface area (TPSA) is 59.6 Å². The highest BCUT2D eigenvalue weighted by atomic mass is 16.5. The van der Waals surface area contributed by atoms with E-state index in [-0.39, 0.29) is 12.5 Å². The number of ether oxygens (including phenoxy) is 2. The van der Waals surface area contributed by atoms with Gasteiger partial charge in [0.25, 0.3) is 0 Å². The summed E-state index contributed by atoms with van der Waals surface area (Å²) in [6.07, 6.45) is 2.48. The van der Waals surface area contributed by atoms with Gasteiger partial charge in [-0.05, 0) is 37.1 Å². The summed E-state index contributed by atoms with van der Waals surface area (Å²) in [6.45, 7) is 0.0699. The Hall–Kier alpha value is -1.59. The number of carbonyl (C=O) groups excluding carboxylic acids is 1. The second-order valence-corrected chi connectivity index (χ2v) is 4.73. The maximum Gasteiger partial charge on any atom is 0.250 e. The fourth-order valence-corrected chi connectivity index (χ4v) is 2.09. The quantitative estimate of drug-likeness (QED) is 0.823. The highest BCUT2D eigenvalue weighted by Crippen LogP contribution is 2.26. The monoisotopic (exact) mass is 264 g/mol. The third-order valence-electron chi connectivity index (χ3n) is 3.24. The summed E-state index contributed by atoms with van der Waals surface area (Å²) < 4.78 is 10.00. The largest absolute Gasteiger partial charge is 0.382 e. The van der Waals surface area contributed by atoms with Crippen LogP contribution in [0.15, 0.2) is 24.3 Å². The Morgan fingerprint density at radius 1 is 1.21 bits per heavy atom. The molecule has 1 aromatic rings. The second-order valence-electron chi connectivity index (χ2n) is 4.73. The van der Waals surface area contributed by atoms with Gasteiger partial charge in [-0.2, -0.15) is 0 Å². The Labute approximate surface area is 113 Å². The molecule has 2 rings (SSSR count). The minimum atomic E-state index is -0.148. The molecule has 19 heavy (non-hydrogen) atoms. The summed E-state index contributed by atoms with van der Waals surface area (Å²) in [4.78, 5) is 11.3. The molecule has 104 valence electrons. The summed E-state index contributed by atoms with van der Waals surface area (Å²) in [5.41, 5.74) is 1.83. The average molecular weight is 264 g/mol. The van der Waals surface area contributed by atoms with Gasteiger partial charge in [0.05, 0.1) is 6.10 Å². The number of nitrogens with one attached hydrogen (secondary N) is 2. The zero-order valence-corrected chi connectivity index (χ0v) is 11.3. The smallest absolute Gasteiger partial charge is 0.250 e. The van der Waals surface area contributed by atoms with E-state index >= 15 is 0 Å². The molecule has 0 unspecified atom stereocenters. The highest BCUT2D eigenvalue weighted by molar-refractivity contribution is 5.91. The van der Waals surface area contributed by atoms with Crippen molar-refractivity contribution in [3.05, 3.63) is 24.3 Å². The lowest BCUT2D eigenvalue weighted by Crippen LogP contribution is -2.40. The molecule has 0 bridgehead atoms. The van der Waals surface area contributed by atoms with Crippen LogP contribution >= 0.6 is 0 Å². The molecule has 1 saturated carbocycles. The van der Waals surface area contributed by atoms with Crippen molar-refractivity contribution in [2.24, 2.45) is 0 Å². The van der Waals surface area contributed by atoms with Crippen molar-refractivity contribution in [2.45, 2.75) is 25.0 Å². The minimum Gasteiger partial charge on any atom is -0.382 e. The molecule has 0 atom stereocenters. The van der Waals surface area contributed by atoms with Gasteiger partial charge in [0, 0.05) is 31.6 Å². The lowest BCUT2D eigenvalue weighted by molar-refractivity contribution is -0.119. The Morgan fingerprint density at radius 2 is 1.84 bits per heavy atom. The van der Waals surface area contributed by atoms with Crippen LogP contribution in [0.1, 0.15) is 12.8 Å². The Balaban J connectivity index is 1.80. The van der Waals surface area contributed by atoms with Crippen molar-refractivity contribution in [1.29, 1.82) is 0 Å². The number of hydrogen-bond acceptors (Lipinski definition) is 4. The lowest BCUT2D eigenvalue weighted by atomic mass is 9.89. The molecule has 0 heterocycles. The highest BCUT2D eigenvalue weighted by Gasteiger charge is 2.28. The first-order valence-electron chi connectivity index (χ1n) is 6.39. The molecule has 1 aromatic carbocycles. The van der Waals surface area contributed by atoms with Crippen molar-refractivity contribution in [3.63, 3.8) is 0 Å². The van der Waals surface area contributed by atoms with Crippen LogP contribution in [0, 0.1) is 0 Å². The van der Waals surface area contributed by atoms with E-state index in [0.29, 0.717) is 12.1 Å². The van der Waals surface area contributed by atoms with Crippen LogP contribution in [0.2, 0.25) is 0 Å². The van der Waals surface area contributed by atoms with E-state index in [1.165, 1.54) is 7.11 Å². The van der Waals surface area contributed by atoms with Crippen LogP contribution in [-0.4, -0.2) is 38.9 Å². The van der Waals surface area contributed by atoms with Crippen LogP contribution in [0.3, 0.4) is 0 Å². The third kappa shape index (κ3) is 3.94. The standard InChI is InChI=1S/C14H20N2O3/c1-18-9-14(17)16-11-5-3-10(4-6-11)15-12-7-13(8-12)19-2/h3-6,12-13,15H,7-9H2,1-2H3,(H,16,17). The molecular formula is C14H20N2O3. The molecule has 5 heteroatoms. The van der Waals surface area contributed by atoms with Crippen molar-refractivity contribution >= 4 is 17.3 Å². The molecule has 0 radical (unpaired) electrons. The van der Waals surface area contributed by atoms with E-state index < -0.39 is 0 Å². The zero-order chi connectivity index (χ0) is 13.7. The third-order valence-corrected chi connectivity index (χ3v) is 3.24. The number of carbonyl (C=O) groups is 1. The summed E-state index contributed by atoms with van der Waals surface area (Å²) in [5, 5.41) is 6.19. The predicted octanol–water partition coefficient (Wildman–Crippen LogP) is 1.86. The van der Waals surface area contributed by atoms with Gasteiger partial charge in [-0.15, -0.1) is 0 Å². The Kier molecular flexibility index (Phi) is 4.76. The lowest BCUT2D eigenvalue weighted by Gasteiger charge is -2.35. The summed E-state index contributed by atoms with van der Waals surface area (Å²) >= 11 is 0. The van der Waals surface area contributed by atoms with E-state index in [9.17, 15) is 4.79 Å². The van der Waals surface area contributed by atoms with Crippen molar-refractivity contribution < 1.29 is 14.3 Å². The van der Waals surface area contributed by atoms with E-state index in [0.717, 1.165) is 24.2 Å². The first-order valence-corrected chi connectivity index (χ1v) is 6.39. The van der Waals surface area contributed by atoms with Crippen LogP contribution in [-0.2, 0) is 14.3 Å². The molecule has 1 fully saturated rings. The van der Waals surface area contributed by atoms with Crippen LogP contribution < -0.4 is 10.6 Å². The molecule has 0 aliphatic heterocycles. The van der Waals surface area contributed by atoms with E-state index in [1.54, 1.807) is 7.11 Å². The van der Waals surface area contributed by atoms with Gasteiger partial charge in [0.1, 0.15) is 6.61 Å². The number of benzene rings is 1. The van der Waals surface area contributed by atoms with E-state index in [2.05, 4.69) is 10.6 Å². The van der Waals surface area contributed by atoms with Gasteiger partial charge in [-0.1, -0.05) is 0 Å². The van der Waals surface area contributed by atoms with Crippen LogP contribution in [0.25, 0.3) is 0 Å². The van der Waals surface area contributed by atoms with Gasteiger partial charge in [-0.25, -0.2) is 0 Å². The summed E-state index contributed by atoms with van der Waals surface area (Å²) in [5.74, 6) is -0.148. The molecule has 2 N–H and O–H groups in total. The van der Waals surface area contributed by atoms with Crippen molar-refractivity contribution in [2.75, 3.05) is 31.5 Å². The fourth-order valence-electron chi connectivity index (χ4n) is 2.09. The van der Waals surface area contributed by atoms with Gasteiger partial charge < -0.3 is 20.1 Å². The Bertz CT molecular complexity index is 413. The number of hydrogen-bond donors (Lipinski definition) is 2. The molecule has 1 aliphatic rings. The molecule has 5 nitrogen and oxygen atoms in total. The average Bonchev–Trinajstić information content (AvgIpc) is 2.35. The Morgan fingerprint density at radius 3 is 2.42 bits per heavy atom. The first-order chi connectivity index (χ1) is 9.21. The molecule has 0 aromatic heterocycles. The van der Waals surface area contributed by atoms with Gasteiger partial charge in [0.2, 0.25) is 5.91 Å². The summed E-state index contributed by atoms with van der Waals surface area (Å²) in [7, 11) is 3.25. The zero-order valence-electron chi connectivity index (χ0n) is 11.3. The molecule has 0 spiro atoms. The summed E-state index contributed by atoms with van der Waals surface area (Å²) in [6, 6.07) is 8.16. The van der Waals surface area contributed by atoms with Gasteiger partial charge in [-0.3, -0.25) is 4.79 Å². The second kappa shape index (κ2) is 6.54.